The number of nitrogens with two attached hydrogens (primary N) is 1. The molecular weight excluding hydrogens is 126 g/mol. The SMILES string of the molecule is CCC(N)(N(C)C)N(C)C. The Hall–Kier alpha value is -0.120. The van der Waals surface area contributed by atoms with Crippen LogP contribution in [0.15, 0.2) is 0 Å². The highest BCUT2D eigenvalue weighted by Gasteiger charge is 2.27. The quantitative estimate of drug-likeness (QED) is 0.573. The summed E-state index contributed by atoms with van der Waals surface area (Å²) in [6, 6.07) is 0. The fourth-order valence-electron chi connectivity index (χ4n) is 1.03. The predicted molar refractivity (Wildman–Crippen MR) is 44.6 cm³/mol. The highest BCUT2D eigenvalue weighted by Crippen LogP contribution is 2.10. The monoisotopic (exact) mass is 145 g/mol. The fourth-order valence-corrected chi connectivity index (χ4v) is 1.03. The smallest absolute Gasteiger partial charge is 0.124 e. The molecule has 0 radical (unpaired) electrons. The molecule has 3 heteroatoms. The third kappa shape index (κ3) is 1.68. The van der Waals surface area contributed by atoms with Gasteiger partial charge in [-0.2, -0.15) is 0 Å². The minimum Gasteiger partial charge on any atom is -0.301 e. The van der Waals surface area contributed by atoms with E-state index in [0.29, 0.717) is 0 Å². The Morgan fingerprint density at radius 3 is 1.40 bits per heavy atom. The van der Waals surface area contributed by atoms with Crippen molar-refractivity contribution in [3.8, 4) is 0 Å². The van der Waals surface area contributed by atoms with Crippen LogP contribution in [0.25, 0.3) is 0 Å². The van der Waals surface area contributed by atoms with Crippen molar-refractivity contribution >= 4 is 0 Å². The molecule has 0 aromatic rings. The third-order valence-corrected chi connectivity index (χ3v) is 2.07. The molecule has 3 nitrogen and oxygen atoms in total. The molecule has 0 aromatic heterocycles. The van der Waals surface area contributed by atoms with Gasteiger partial charge in [0.1, 0.15) is 5.79 Å². The van der Waals surface area contributed by atoms with Gasteiger partial charge in [0, 0.05) is 0 Å². The van der Waals surface area contributed by atoms with E-state index in [2.05, 4.69) is 6.92 Å². The van der Waals surface area contributed by atoms with Gasteiger partial charge in [-0.1, -0.05) is 6.92 Å². The number of nitrogens with zero attached hydrogens (tertiary/aromatic N) is 2. The Morgan fingerprint density at radius 2 is 1.40 bits per heavy atom. The van der Waals surface area contributed by atoms with Crippen molar-refractivity contribution < 1.29 is 0 Å². The predicted octanol–water partition coefficient (Wildman–Crippen LogP) is 0.132. The molecule has 0 amide bonds. The molecule has 0 rings (SSSR count). The number of hydrogen-bond donors (Lipinski definition) is 1. The first kappa shape index (κ1) is 9.88. The summed E-state index contributed by atoms with van der Waals surface area (Å²) in [7, 11) is 7.96. The summed E-state index contributed by atoms with van der Waals surface area (Å²) in [6.07, 6.45) is 0.924. The van der Waals surface area contributed by atoms with E-state index in [-0.39, 0.29) is 5.79 Å². The molecule has 0 saturated carbocycles. The molecule has 0 atom stereocenters. The largest absolute Gasteiger partial charge is 0.301 e. The summed E-state index contributed by atoms with van der Waals surface area (Å²) in [4.78, 5) is 4.04. The molecule has 0 aromatic carbocycles. The topological polar surface area (TPSA) is 32.5 Å². The van der Waals surface area contributed by atoms with Gasteiger partial charge in [0.15, 0.2) is 0 Å². The van der Waals surface area contributed by atoms with Crippen LogP contribution in [0.5, 0.6) is 0 Å². The first-order valence-corrected chi connectivity index (χ1v) is 3.59. The van der Waals surface area contributed by atoms with E-state index in [1.54, 1.807) is 0 Å². The molecule has 0 aliphatic rings. The lowest BCUT2D eigenvalue weighted by molar-refractivity contribution is 0.00578. The summed E-state index contributed by atoms with van der Waals surface area (Å²) >= 11 is 0. The van der Waals surface area contributed by atoms with Crippen molar-refractivity contribution in [2.24, 2.45) is 5.73 Å². The molecule has 0 bridgehead atoms. The van der Waals surface area contributed by atoms with E-state index < -0.39 is 0 Å². The van der Waals surface area contributed by atoms with E-state index >= 15 is 0 Å². The fraction of sp³-hybridized carbons (Fsp3) is 1.00. The minimum absolute atomic E-state index is 0.292. The maximum Gasteiger partial charge on any atom is 0.124 e. The van der Waals surface area contributed by atoms with Gasteiger partial charge in [-0.3, -0.25) is 9.80 Å². The maximum absolute atomic E-state index is 6.03. The van der Waals surface area contributed by atoms with Gasteiger partial charge in [-0.15, -0.1) is 0 Å². The zero-order chi connectivity index (χ0) is 8.36. The Balaban J connectivity index is 4.23. The standard InChI is InChI=1S/C7H19N3/c1-6-7(8,9(2)3)10(4)5/h6,8H2,1-5H3. The van der Waals surface area contributed by atoms with Gasteiger partial charge in [0.25, 0.3) is 0 Å². The Labute approximate surface area is 63.8 Å². The van der Waals surface area contributed by atoms with Crippen LogP contribution in [-0.4, -0.2) is 43.8 Å². The second-order valence-electron chi connectivity index (χ2n) is 3.02. The highest BCUT2D eigenvalue weighted by molar-refractivity contribution is 4.75. The molecule has 0 heterocycles. The highest BCUT2D eigenvalue weighted by atomic mass is 15.4. The first-order chi connectivity index (χ1) is 4.45. The lowest BCUT2D eigenvalue weighted by atomic mass is 10.2. The summed E-state index contributed by atoms with van der Waals surface area (Å²) in [5, 5.41) is 0. The van der Waals surface area contributed by atoms with Crippen LogP contribution in [0.4, 0.5) is 0 Å². The average molecular weight is 145 g/mol. The molecule has 0 aliphatic carbocycles. The van der Waals surface area contributed by atoms with Crippen LogP contribution in [0.1, 0.15) is 13.3 Å². The normalized spacial score (nSPS) is 13.2. The Morgan fingerprint density at radius 1 is 1.10 bits per heavy atom. The lowest BCUT2D eigenvalue weighted by Gasteiger charge is -2.40. The van der Waals surface area contributed by atoms with Crippen LogP contribution in [-0.2, 0) is 0 Å². The molecule has 0 unspecified atom stereocenters. The van der Waals surface area contributed by atoms with Gasteiger partial charge in [-0.05, 0) is 34.6 Å². The summed E-state index contributed by atoms with van der Waals surface area (Å²) < 4.78 is 0. The summed E-state index contributed by atoms with van der Waals surface area (Å²) in [6.45, 7) is 2.08. The van der Waals surface area contributed by atoms with E-state index in [1.807, 2.05) is 38.0 Å². The molecule has 2 N–H and O–H groups in total. The zero-order valence-corrected chi connectivity index (χ0v) is 7.68. The van der Waals surface area contributed by atoms with Gasteiger partial charge < -0.3 is 5.73 Å². The molecular formula is C7H19N3. The molecule has 0 aliphatic heterocycles. The van der Waals surface area contributed by atoms with E-state index in [4.69, 9.17) is 5.73 Å². The first-order valence-electron chi connectivity index (χ1n) is 3.59. The van der Waals surface area contributed by atoms with E-state index in [0.717, 1.165) is 6.42 Å². The summed E-state index contributed by atoms with van der Waals surface area (Å²) in [5.41, 5.74) is 6.03. The van der Waals surface area contributed by atoms with Crippen molar-refractivity contribution in [2.75, 3.05) is 28.2 Å². The second kappa shape index (κ2) is 3.32. The van der Waals surface area contributed by atoms with Gasteiger partial charge in [-0.25, -0.2) is 0 Å². The van der Waals surface area contributed by atoms with Crippen molar-refractivity contribution in [1.29, 1.82) is 0 Å². The summed E-state index contributed by atoms with van der Waals surface area (Å²) in [5.74, 6) is -0.292. The van der Waals surface area contributed by atoms with Crippen LogP contribution in [0.3, 0.4) is 0 Å². The van der Waals surface area contributed by atoms with Crippen LogP contribution < -0.4 is 5.73 Å². The van der Waals surface area contributed by atoms with Gasteiger partial charge in [0.05, 0.1) is 0 Å². The van der Waals surface area contributed by atoms with E-state index in [1.165, 1.54) is 0 Å². The zero-order valence-electron chi connectivity index (χ0n) is 7.68. The van der Waals surface area contributed by atoms with Crippen LogP contribution >= 0.6 is 0 Å². The average Bonchev–Trinajstić information content (AvgIpc) is 1.85. The van der Waals surface area contributed by atoms with Crippen molar-refractivity contribution in [3.05, 3.63) is 0 Å². The third-order valence-electron chi connectivity index (χ3n) is 2.07. The molecule has 0 fully saturated rings. The molecule has 0 spiro atoms. The second-order valence-corrected chi connectivity index (χ2v) is 3.02. The lowest BCUT2D eigenvalue weighted by Crippen LogP contribution is -2.61. The molecule has 62 valence electrons. The Kier molecular flexibility index (Phi) is 3.28. The molecule has 0 saturated heterocycles. The molecule has 10 heavy (non-hydrogen) atoms. The van der Waals surface area contributed by atoms with E-state index in [9.17, 15) is 0 Å². The van der Waals surface area contributed by atoms with Crippen molar-refractivity contribution in [2.45, 2.75) is 19.1 Å². The number of rotatable bonds is 3. The van der Waals surface area contributed by atoms with Crippen LogP contribution in [0.2, 0.25) is 0 Å². The minimum atomic E-state index is -0.292. The van der Waals surface area contributed by atoms with Crippen LogP contribution in [0, 0.1) is 0 Å². The van der Waals surface area contributed by atoms with Crippen molar-refractivity contribution in [1.82, 2.24) is 9.80 Å². The Bertz CT molecular complexity index is 91.0. The van der Waals surface area contributed by atoms with Gasteiger partial charge >= 0.3 is 0 Å². The van der Waals surface area contributed by atoms with Crippen molar-refractivity contribution in [3.63, 3.8) is 0 Å². The van der Waals surface area contributed by atoms with Gasteiger partial charge in [0.2, 0.25) is 0 Å². The maximum atomic E-state index is 6.03. The number of hydrogen-bond acceptors (Lipinski definition) is 3.